The van der Waals surface area contributed by atoms with Crippen LogP contribution in [-0.2, 0) is 6.42 Å². The average molecular weight is 271 g/mol. The third-order valence-electron chi connectivity index (χ3n) is 3.18. The number of benzene rings is 2. The van der Waals surface area contributed by atoms with E-state index in [9.17, 15) is 0 Å². The molecule has 0 saturated heterocycles. The normalized spacial score (nSPS) is 10.2. The first-order valence-corrected chi connectivity index (χ1v) is 6.90. The van der Waals surface area contributed by atoms with Crippen molar-refractivity contribution in [3.63, 3.8) is 0 Å². The summed E-state index contributed by atoms with van der Waals surface area (Å²) < 4.78 is 10.8. The monoisotopic (exact) mass is 271 g/mol. The van der Waals surface area contributed by atoms with Crippen LogP contribution in [0.25, 0.3) is 0 Å². The van der Waals surface area contributed by atoms with Gasteiger partial charge in [0, 0.05) is 6.07 Å². The second-order valence-electron chi connectivity index (χ2n) is 4.69. The largest absolute Gasteiger partial charge is 0.497 e. The second-order valence-corrected chi connectivity index (χ2v) is 4.69. The number of nitrogens with two attached hydrogens (primary N) is 1. The van der Waals surface area contributed by atoms with Gasteiger partial charge in [-0.15, -0.1) is 0 Å². The molecule has 0 atom stereocenters. The molecule has 0 radical (unpaired) electrons. The minimum absolute atomic E-state index is 0.618. The van der Waals surface area contributed by atoms with E-state index < -0.39 is 0 Å². The Morgan fingerprint density at radius 3 is 2.50 bits per heavy atom. The molecule has 0 aliphatic heterocycles. The summed E-state index contributed by atoms with van der Waals surface area (Å²) in [6, 6.07) is 16.0. The van der Waals surface area contributed by atoms with Crippen LogP contribution >= 0.6 is 0 Å². The molecule has 0 aromatic heterocycles. The van der Waals surface area contributed by atoms with Crippen molar-refractivity contribution in [1.82, 2.24) is 0 Å². The number of aryl methyl sites for hydroxylation is 1. The van der Waals surface area contributed by atoms with E-state index in [1.807, 2.05) is 18.2 Å². The van der Waals surface area contributed by atoms with E-state index in [2.05, 4.69) is 24.3 Å². The quantitative estimate of drug-likeness (QED) is 0.617. The molecule has 2 rings (SSSR count). The molecule has 2 N–H and O–H groups in total. The molecule has 0 aliphatic carbocycles. The lowest BCUT2D eigenvalue weighted by molar-refractivity contribution is 0.308. The van der Waals surface area contributed by atoms with Crippen molar-refractivity contribution < 1.29 is 9.47 Å². The Hall–Kier alpha value is -2.16. The summed E-state index contributed by atoms with van der Waals surface area (Å²) >= 11 is 0. The van der Waals surface area contributed by atoms with Crippen molar-refractivity contribution >= 4 is 5.69 Å². The first-order valence-electron chi connectivity index (χ1n) is 6.90. The molecule has 2 aromatic carbocycles. The molecule has 0 saturated carbocycles. The van der Waals surface area contributed by atoms with Crippen LogP contribution in [0.1, 0.15) is 18.4 Å². The van der Waals surface area contributed by atoms with Gasteiger partial charge in [0.15, 0.2) is 0 Å². The zero-order valence-electron chi connectivity index (χ0n) is 11.8. The minimum Gasteiger partial charge on any atom is -0.497 e. The fourth-order valence-corrected chi connectivity index (χ4v) is 2.04. The number of hydrogen-bond acceptors (Lipinski definition) is 3. The SMILES string of the molecule is COc1ccc(OCCCCc2ccccc2)c(N)c1. The van der Waals surface area contributed by atoms with E-state index in [-0.39, 0.29) is 0 Å². The minimum atomic E-state index is 0.618. The maximum absolute atomic E-state index is 5.90. The molecule has 3 heteroatoms. The van der Waals surface area contributed by atoms with Gasteiger partial charge in [-0.1, -0.05) is 30.3 Å². The Morgan fingerprint density at radius 2 is 1.80 bits per heavy atom. The molecule has 0 unspecified atom stereocenters. The van der Waals surface area contributed by atoms with Gasteiger partial charge in [0.1, 0.15) is 11.5 Å². The molecule has 0 amide bonds. The predicted molar refractivity (Wildman–Crippen MR) is 82.3 cm³/mol. The number of rotatable bonds is 7. The summed E-state index contributed by atoms with van der Waals surface area (Å²) in [5.41, 5.74) is 7.89. The molecule has 0 bridgehead atoms. The molecule has 0 spiro atoms. The fraction of sp³-hybridized carbons (Fsp3) is 0.294. The van der Waals surface area contributed by atoms with E-state index in [0.717, 1.165) is 30.8 Å². The Kier molecular flexibility index (Phi) is 5.30. The number of hydrogen-bond donors (Lipinski definition) is 1. The van der Waals surface area contributed by atoms with E-state index in [0.29, 0.717) is 12.3 Å². The van der Waals surface area contributed by atoms with Crippen LogP contribution < -0.4 is 15.2 Å². The first kappa shape index (κ1) is 14.3. The second kappa shape index (κ2) is 7.43. The fourth-order valence-electron chi connectivity index (χ4n) is 2.04. The zero-order chi connectivity index (χ0) is 14.2. The van der Waals surface area contributed by atoms with Crippen molar-refractivity contribution in [2.45, 2.75) is 19.3 Å². The van der Waals surface area contributed by atoms with Crippen molar-refractivity contribution in [3.8, 4) is 11.5 Å². The van der Waals surface area contributed by atoms with Gasteiger partial charge in [0.05, 0.1) is 19.4 Å². The van der Waals surface area contributed by atoms with Crippen molar-refractivity contribution in [1.29, 1.82) is 0 Å². The van der Waals surface area contributed by atoms with Gasteiger partial charge in [0.25, 0.3) is 0 Å². The van der Waals surface area contributed by atoms with Gasteiger partial charge in [-0.25, -0.2) is 0 Å². The average Bonchev–Trinajstić information content (AvgIpc) is 2.49. The van der Waals surface area contributed by atoms with Gasteiger partial charge >= 0.3 is 0 Å². The van der Waals surface area contributed by atoms with Gasteiger partial charge in [-0.05, 0) is 37.0 Å². The Morgan fingerprint density at radius 1 is 1.00 bits per heavy atom. The maximum atomic E-state index is 5.90. The third kappa shape index (κ3) is 4.19. The lowest BCUT2D eigenvalue weighted by atomic mass is 10.1. The smallest absolute Gasteiger partial charge is 0.142 e. The van der Waals surface area contributed by atoms with Crippen LogP contribution in [0.15, 0.2) is 48.5 Å². The Balaban J connectivity index is 1.71. The van der Waals surface area contributed by atoms with Crippen LogP contribution in [0.2, 0.25) is 0 Å². The molecule has 0 heterocycles. The van der Waals surface area contributed by atoms with Crippen LogP contribution in [0, 0.1) is 0 Å². The van der Waals surface area contributed by atoms with Crippen molar-refractivity contribution in [2.24, 2.45) is 0 Å². The van der Waals surface area contributed by atoms with Gasteiger partial charge in [0.2, 0.25) is 0 Å². The lowest BCUT2D eigenvalue weighted by Gasteiger charge is -2.10. The zero-order valence-corrected chi connectivity index (χ0v) is 11.8. The Bertz CT molecular complexity index is 526. The van der Waals surface area contributed by atoms with Crippen LogP contribution in [0.5, 0.6) is 11.5 Å². The van der Waals surface area contributed by atoms with Crippen molar-refractivity contribution in [3.05, 3.63) is 54.1 Å². The first-order chi connectivity index (χ1) is 9.79. The number of unbranched alkanes of at least 4 members (excludes halogenated alkanes) is 1. The molecular formula is C17H21NO2. The molecule has 20 heavy (non-hydrogen) atoms. The molecule has 106 valence electrons. The summed E-state index contributed by atoms with van der Waals surface area (Å²) in [7, 11) is 1.62. The van der Waals surface area contributed by atoms with E-state index in [1.54, 1.807) is 13.2 Å². The topological polar surface area (TPSA) is 44.5 Å². The highest BCUT2D eigenvalue weighted by atomic mass is 16.5. The summed E-state index contributed by atoms with van der Waals surface area (Å²) in [6.07, 6.45) is 3.21. The van der Waals surface area contributed by atoms with Gasteiger partial charge < -0.3 is 15.2 Å². The predicted octanol–water partition coefficient (Wildman–Crippen LogP) is 3.68. The highest BCUT2D eigenvalue weighted by molar-refractivity contribution is 5.56. The molecule has 2 aromatic rings. The Labute approximate surface area is 120 Å². The lowest BCUT2D eigenvalue weighted by Crippen LogP contribution is -2.01. The van der Waals surface area contributed by atoms with Crippen LogP contribution in [-0.4, -0.2) is 13.7 Å². The molecular weight excluding hydrogens is 250 g/mol. The summed E-state index contributed by atoms with van der Waals surface area (Å²) in [4.78, 5) is 0. The van der Waals surface area contributed by atoms with E-state index in [4.69, 9.17) is 15.2 Å². The summed E-state index contributed by atoms with van der Waals surface area (Å²) in [5.74, 6) is 1.48. The molecule has 3 nitrogen and oxygen atoms in total. The number of methoxy groups -OCH3 is 1. The number of nitrogen functional groups attached to an aromatic ring is 1. The van der Waals surface area contributed by atoms with Crippen LogP contribution in [0.4, 0.5) is 5.69 Å². The summed E-state index contributed by atoms with van der Waals surface area (Å²) in [6.45, 7) is 0.684. The molecule has 0 aliphatic rings. The standard InChI is InChI=1S/C17H21NO2/c1-19-15-10-11-17(16(18)13-15)20-12-6-5-9-14-7-3-2-4-8-14/h2-4,7-8,10-11,13H,5-6,9,12,18H2,1H3. The van der Waals surface area contributed by atoms with Gasteiger partial charge in [-0.2, -0.15) is 0 Å². The third-order valence-corrected chi connectivity index (χ3v) is 3.18. The highest BCUT2D eigenvalue weighted by Gasteiger charge is 2.02. The number of ether oxygens (including phenoxy) is 2. The van der Waals surface area contributed by atoms with Crippen molar-refractivity contribution in [2.75, 3.05) is 19.5 Å². The molecule has 0 fully saturated rings. The summed E-state index contributed by atoms with van der Waals surface area (Å²) in [5, 5.41) is 0. The van der Waals surface area contributed by atoms with E-state index >= 15 is 0 Å². The number of anilines is 1. The van der Waals surface area contributed by atoms with E-state index in [1.165, 1.54) is 5.56 Å². The van der Waals surface area contributed by atoms with Gasteiger partial charge in [-0.3, -0.25) is 0 Å². The van der Waals surface area contributed by atoms with Crippen LogP contribution in [0.3, 0.4) is 0 Å². The highest BCUT2D eigenvalue weighted by Crippen LogP contribution is 2.26. The maximum Gasteiger partial charge on any atom is 0.142 e.